The summed E-state index contributed by atoms with van der Waals surface area (Å²) in [6.07, 6.45) is 0.673. The first kappa shape index (κ1) is 10.9. The second-order valence-corrected chi connectivity index (χ2v) is 3.76. The number of nitriles is 1. The van der Waals surface area contributed by atoms with Crippen molar-refractivity contribution in [2.45, 2.75) is 6.92 Å². The van der Waals surface area contributed by atoms with Crippen LogP contribution < -0.4 is 0 Å². The van der Waals surface area contributed by atoms with E-state index in [1.807, 2.05) is 28.7 Å². The lowest BCUT2D eigenvalue weighted by Crippen LogP contribution is -2.01. The molecule has 14 heavy (non-hydrogen) atoms. The average Bonchev–Trinajstić information content (AvgIpc) is 2.17. The van der Waals surface area contributed by atoms with E-state index in [1.165, 1.54) is 13.0 Å². The lowest BCUT2D eigenvalue weighted by atomic mass is 10.0. The Morgan fingerprint density at radius 1 is 1.57 bits per heavy atom. The molecule has 0 atom stereocenters. The summed E-state index contributed by atoms with van der Waals surface area (Å²) in [5.41, 5.74) is 1.08. The van der Waals surface area contributed by atoms with Gasteiger partial charge in [0.2, 0.25) is 0 Å². The molecule has 0 saturated heterocycles. The molecule has 0 heterocycles. The maximum Gasteiger partial charge on any atom is 0.161 e. The van der Waals surface area contributed by atoms with E-state index in [1.54, 1.807) is 6.07 Å². The Balaban J connectivity index is 3.53. The molecular formula is C10H6INO2. The third kappa shape index (κ3) is 1.82. The van der Waals surface area contributed by atoms with Crippen molar-refractivity contribution in [2.75, 3.05) is 0 Å². The molecule has 0 amide bonds. The average molecular weight is 299 g/mol. The number of nitrogens with zero attached hydrogens (tertiary/aromatic N) is 1. The number of carbonyl (C=O) groups excluding carboxylic acids is 2. The topological polar surface area (TPSA) is 57.9 Å². The van der Waals surface area contributed by atoms with Crippen molar-refractivity contribution in [2.24, 2.45) is 0 Å². The second-order valence-electron chi connectivity index (χ2n) is 2.68. The highest BCUT2D eigenvalue weighted by molar-refractivity contribution is 14.1. The van der Waals surface area contributed by atoms with Gasteiger partial charge in [-0.3, -0.25) is 9.59 Å². The van der Waals surface area contributed by atoms with Gasteiger partial charge in [-0.05, 0) is 41.6 Å². The number of ketones is 1. The minimum atomic E-state index is -0.170. The Morgan fingerprint density at radius 3 is 2.64 bits per heavy atom. The van der Waals surface area contributed by atoms with Gasteiger partial charge >= 0.3 is 0 Å². The normalized spacial score (nSPS) is 9.21. The van der Waals surface area contributed by atoms with E-state index in [0.717, 1.165) is 0 Å². The summed E-state index contributed by atoms with van der Waals surface area (Å²) in [6, 6.07) is 4.99. The number of aldehydes is 1. The lowest BCUT2D eigenvalue weighted by molar-refractivity contribution is 0.101. The second kappa shape index (κ2) is 4.33. The molecule has 1 aromatic rings. The smallest absolute Gasteiger partial charge is 0.161 e. The standard InChI is InChI=1S/C10H6INO2/c1-6(14)8-3-2-7(5-13)10(11)9(8)4-12/h2-3,5H,1H3. The molecule has 3 nitrogen and oxygen atoms in total. The van der Waals surface area contributed by atoms with Gasteiger partial charge < -0.3 is 0 Å². The Hall–Kier alpha value is -1.22. The third-order valence-corrected chi connectivity index (χ3v) is 2.95. The van der Waals surface area contributed by atoms with Crippen molar-refractivity contribution in [1.82, 2.24) is 0 Å². The van der Waals surface area contributed by atoms with Crippen molar-refractivity contribution < 1.29 is 9.59 Å². The summed E-state index contributed by atoms with van der Waals surface area (Å²) in [7, 11) is 0. The Labute approximate surface area is 94.9 Å². The van der Waals surface area contributed by atoms with Crippen LogP contribution in [0.5, 0.6) is 0 Å². The summed E-state index contributed by atoms with van der Waals surface area (Å²) < 4.78 is 0.535. The van der Waals surface area contributed by atoms with Crippen LogP contribution in [0.15, 0.2) is 12.1 Å². The van der Waals surface area contributed by atoms with Crippen LogP contribution in [0.4, 0.5) is 0 Å². The molecule has 0 aromatic heterocycles. The number of carbonyl (C=O) groups is 2. The van der Waals surface area contributed by atoms with E-state index in [-0.39, 0.29) is 11.3 Å². The summed E-state index contributed by atoms with van der Waals surface area (Å²) in [5, 5.41) is 8.85. The molecule has 0 fully saturated rings. The number of hydrogen-bond acceptors (Lipinski definition) is 3. The maximum absolute atomic E-state index is 11.1. The molecule has 70 valence electrons. The zero-order chi connectivity index (χ0) is 10.7. The van der Waals surface area contributed by atoms with Gasteiger partial charge in [0.15, 0.2) is 12.1 Å². The van der Waals surface area contributed by atoms with E-state index in [0.29, 0.717) is 21.0 Å². The van der Waals surface area contributed by atoms with Gasteiger partial charge in [-0.15, -0.1) is 0 Å². The molecule has 0 aliphatic rings. The largest absolute Gasteiger partial charge is 0.298 e. The van der Waals surface area contributed by atoms with Crippen LogP contribution in [0.25, 0.3) is 0 Å². The van der Waals surface area contributed by atoms with Gasteiger partial charge in [-0.25, -0.2) is 0 Å². The molecular weight excluding hydrogens is 293 g/mol. The molecule has 1 rings (SSSR count). The van der Waals surface area contributed by atoms with Crippen LogP contribution >= 0.6 is 22.6 Å². The number of Topliss-reactive ketones (excluding diaryl/α,β-unsaturated/α-hetero) is 1. The minimum absolute atomic E-state index is 0.170. The van der Waals surface area contributed by atoms with Crippen LogP contribution in [-0.2, 0) is 0 Å². The summed E-state index contributed by atoms with van der Waals surface area (Å²) in [4.78, 5) is 21.7. The van der Waals surface area contributed by atoms with Crippen LogP contribution in [0.2, 0.25) is 0 Å². The molecule has 0 aliphatic heterocycles. The first-order chi connectivity index (χ1) is 6.61. The van der Waals surface area contributed by atoms with Crippen molar-refractivity contribution in [3.63, 3.8) is 0 Å². The van der Waals surface area contributed by atoms with E-state index in [2.05, 4.69) is 0 Å². The van der Waals surface area contributed by atoms with Crippen LogP contribution in [0, 0.1) is 14.9 Å². The fraction of sp³-hybridized carbons (Fsp3) is 0.100. The molecule has 0 unspecified atom stereocenters. The highest BCUT2D eigenvalue weighted by Gasteiger charge is 2.13. The molecule has 0 saturated carbocycles. The van der Waals surface area contributed by atoms with Crippen molar-refractivity contribution in [3.8, 4) is 6.07 Å². The predicted molar refractivity (Wildman–Crippen MR) is 59.3 cm³/mol. The van der Waals surface area contributed by atoms with Crippen LogP contribution in [-0.4, -0.2) is 12.1 Å². The number of halogens is 1. The third-order valence-electron chi connectivity index (χ3n) is 1.79. The van der Waals surface area contributed by atoms with Crippen molar-refractivity contribution >= 4 is 34.7 Å². The summed E-state index contributed by atoms with van der Waals surface area (Å²) in [5.74, 6) is -0.170. The SMILES string of the molecule is CC(=O)c1ccc(C=O)c(I)c1C#N. The fourth-order valence-corrected chi connectivity index (χ4v) is 1.80. The Bertz CT molecular complexity index is 446. The molecule has 4 heteroatoms. The molecule has 0 N–H and O–H groups in total. The maximum atomic E-state index is 11.1. The highest BCUT2D eigenvalue weighted by Crippen LogP contribution is 2.20. The number of benzene rings is 1. The van der Waals surface area contributed by atoms with Gasteiger partial charge in [0.25, 0.3) is 0 Å². The molecule has 0 aliphatic carbocycles. The molecule has 0 radical (unpaired) electrons. The summed E-state index contributed by atoms with van der Waals surface area (Å²) >= 11 is 1.89. The van der Waals surface area contributed by atoms with Crippen molar-refractivity contribution in [1.29, 1.82) is 5.26 Å². The van der Waals surface area contributed by atoms with Gasteiger partial charge in [0.05, 0.1) is 5.56 Å². The minimum Gasteiger partial charge on any atom is -0.298 e. The van der Waals surface area contributed by atoms with Gasteiger partial charge in [0.1, 0.15) is 6.07 Å². The summed E-state index contributed by atoms with van der Waals surface area (Å²) in [6.45, 7) is 1.40. The quantitative estimate of drug-likeness (QED) is 0.478. The molecule has 1 aromatic carbocycles. The van der Waals surface area contributed by atoms with E-state index in [4.69, 9.17) is 5.26 Å². The number of hydrogen-bond donors (Lipinski definition) is 0. The monoisotopic (exact) mass is 299 g/mol. The Morgan fingerprint density at radius 2 is 2.21 bits per heavy atom. The zero-order valence-corrected chi connectivity index (χ0v) is 9.53. The van der Waals surface area contributed by atoms with E-state index >= 15 is 0 Å². The lowest BCUT2D eigenvalue weighted by Gasteiger charge is -2.03. The van der Waals surface area contributed by atoms with Crippen molar-refractivity contribution in [3.05, 3.63) is 32.4 Å². The predicted octanol–water partition coefficient (Wildman–Crippen LogP) is 2.18. The van der Waals surface area contributed by atoms with Gasteiger partial charge in [-0.1, -0.05) is 0 Å². The van der Waals surface area contributed by atoms with E-state index < -0.39 is 0 Å². The first-order valence-electron chi connectivity index (χ1n) is 3.80. The van der Waals surface area contributed by atoms with Crippen LogP contribution in [0.3, 0.4) is 0 Å². The van der Waals surface area contributed by atoms with Crippen LogP contribution in [0.1, 0.15) is 33.2 Å². The molecule has 0 spiro atoms. The fourth-order valence-electron chi connectivity index (χ4n) is 1.09. The first-order valence-corrected chi connectivity index (χ1v) is 4.88. The van der Waals surface area contributed by atoms with Gasteiger partial charge in [0, 0.05) is 14.7 Å². The van der Waals surface area contributed by atoms with Gasteiger partial charge in [-0.2, -0.15) is 5.26 Å². The number of rotatable bonds is 2. The zero-order valence-electron chi connectivity index (χ0n) is 7.37. The Kier molecular flexibility index (Phi) is 3.36. The highest BCUT2D eigenvalue weighted by atomic mass is 127. The van der Waals surface area contributed by atoms with E-state index in [9.17, 15) is 9.59 Å². The molecule has 0 bridgehead atoms.